The molecule has 3 heteroatoms. The lowest BCUT2D eigenvalue weighted by molar-refractivity contribution is 0.150. The van der Waals surface area contributed by atoms with E-state index in [9.17, 15) is 0 Å². The van der Waals surface area contributed by atoms with Crippen molar-refractivity contribution in [3.05, 3.63) is 64.7 Å². The molecule has 2 aromatic carbocycles. The molecule has 2 aromatic rings. The van der Waals surface area contributed by atoms with Gasteiger partial charge in [-0.1, -0.05) is 48.9 Å². The van der Waals surface area contributed by atoms with Gasteiger partial charge in [-0.3, -0.25) is 0 Å². The Labute approximate surface area is 131 Å². The van der Waals surface area contributed by atoms with Crippen molar-refractivity contribution in [2.75, 3.05) is 6.54 Å². The van der Waals surface area contributed by atoms with Crippen LogP contribution in [0.15, 0.2) is 48.5 Å². The van der Waals surface area contributed by atoms with E-state index in [1.165, 1.54) is 11.1 Å². The first-order valence-electron chi connectivity index (χ1n) is 7.49. The average Bonchev–Trinajstić information content (AvgIpc) is 2.49. The number of nitrogens with one attached hydrogen (secondary N) is 1. The van der Waals surface area contributed by atoms with E-state index in [2.05, 4.69) is 36.5 Å². The molecule has 1 aliphatic rings. The first-order chi connectivity index (χ1) is 10.3. The molecule has 0 amide bonds. The lowest BCUT2D eigenvalue weighted by Gasteiger charge is -2.33. The predicted molar refractivity (Wildman–Crippen MR) is 87.0 cm³/mol. The summed E-state index contributed by atoms with van der Waals surface area (Å²) >= 11 is 6.12. The Morgan fingerprint density at radius 3 is 2.76 bits per heavy atom. The predicted octanol–water partition coefficient (Wildman–Crippen LogP) is 4.38. The maximum Gasteiger partial charge on any atom is 0.124 e. The first kappa shape index (κ1) is 14.4. The summed E-state index contributed by atoms with van der Waals surface area (Å²) in [6.45, 7) is 3.07. The molecule has 110 valence electrons. The van der Waals surface area contributed by atoms with Crippen molar-refractivity contribution >= 4 is 11.6 Å². The van der Waals surface area contributed by atoms with E-state index in [1.54, 1.807) is 0 Å². The zero-order valence-electron chi connectivity index (χ0n) is 12.2. The second-order valence-electron chi connectivity index (χ2n) is 5.46. The summed E-state index contributed by atoms with van der Waals surface area (Å²) in [7, 11) is 0. The number of hydrogen-bond acceptors (Lipinski definition) is 2. The number of halogens is 1. The van der Waals surface area contributed by atoms with Crippen LogP contribution in [0.3, 0.4) is 0 Å². The smallest absolute Gasteiger partial charge is 0.124 e. The number of hydrogen-bond donors (Lipinski definition) is 1. The second kappa shape index (κ2) is 6.50. The van der Waals surface area contributed by atoms with Gasteiger partial charge in [0, 0.05) is 29.5 Å². The van der Waals surface area contributed by atoms with Crippen LogP contribution in [-0.2, 0) is 6.42 Å². The first-order valence-corrected chi connectivity index (χ1v) is 7.87. The van der Waals surface area contributed by atoms with Crippen molar-refractivity contribution in [1.29, 1.82) is 0 Å². The molecule has 2 nitrogen and oxygen atoms in total. The normalized spacial score (nSPS) is 20.7. The molecule has 0 aliphatic carbocycles. The van der Waals surface area contributed by atoms with Gasteiger partial charge in [-0.05, 0) is 30.3 Å². The van der Waals surface area contributed by atoms with Crippen molar-refractivity contribution in [2.24, 2.45) is 0 Å². The van der Waals surface area contributed by atoms with Gasteiger partial charge in [0.25, 0.3) is 0 Å². The highest BCUT2D eigenvalue weighted by Gasteiger charge is 2.28. The van der Waals surface area contributed by atoms with Gasteiger partial charge in [-0.15, -0.1) is 0 Å². The Balaban J connectivity index is 1.82. The van der Waals surface area contributed by atoms with Crippen molar-refractivity contribution < 1.29 is 4.74 Å². The van der Waals surface area contributed by atoms with Gasteiger partial charge >= 0.3 is 0 Å². The van der Waals surface area contributed by atoms with Crippen LogP contribution in [0.2, 0.25) is 5.02 Å². The van der Waals surface area contributed by atoms with Gasteiger partial charge in [0.1, 0.15) is 11.9 Å². The molecule has 0 spiro atoms. The minimum atomic E-state index is 0.199. The van der Waals surface area contributed by atoms with Crippen molar-refractivity contribution in [1.82, 2.24) is 5.32 Å². The molecule has 0 saturated heterocycles. The van der Waals surface area contributed by atoms with Gasteiger partial charge in [0.05, 0.1) is 0 Å². The van der Waals surface area contributed by atoms with E-state index in [0.717, 1.165) is 30.2 Å². The fourth-order valence-electron chi connectivity index (χ4n) is 2.96. The molecule has 1 N–H and O–H groups in total. The minimum absolute atomic E-state index is 0.199. The van der Waals surface area contributed by atoms with E-state index in [-0.39, 0.29) is 6.10 Å². The molecule has 1 heterocycles. The average molecular weight is 302 g/mol. The molecule has 0 saturated carbocycles. The second-order valence-corrected chi connectivity index (χ2v) is 5.89. The molecular weight excluding hydrogens is 282 g/mol. The lowest BCUT2D eigenvalue weighted by Crippen LogP contribution is -2.34. The van der Waals surface area contributed by atoms with E-state index >= 15 is 0 Å². The highest BCUT2D eigenvalue weighted by atomic mass is 35.5. The summed E-state index contributed by atoms with van der Waals surface area (Å²) < 4.78 is 6.17. The van der Waals surface area contributed by atoms with Crippen LogP contribution in [0.25, 0.3) is 0 Å². The molecular formula is C18H20ClNO. The van der Waals surface area contributed by atoms with Crippen LogP contribution < -0.4 is 10.1 Å². The third-order valence-electron chi connectivity index (χ3n) is 3.90. The van der Waals surface area contributed by atoms with Crippen molar-refractivity contribution in [3.8, 4) is 5.75 Å². The summed E-state index contributed by atoms with van der Waals surface area (Å²) in [4.78, 5) is 0. The van der Waals surface area contributed by atoms with Crippen molar-refractivity contribution in [2.45, 2.75) is 31.9 Å². The number of rotatable bonds is 4. The molecule has 0 bridgehead atoms. The maximum absolute atomic E-state index is 6.17. The summed E-state index contributed by atoms with van der Waals surface area (Å²) in [6.07, 6.45) is 2.10. The largest absolute Gasteiger partial charge is 0.490 e. The number of benzene rings is 2. The van der Waals surface area contributed by atoms with E-state index in [1.807, 2.05) is 24.3 Å². The van der Waals surface area contributed by atoms with Gasteiger partial charge in [0.2, 0.25) is 0 Å². The Kier molecular flexibility index (Phi) is 4.47. The monoisotopic (exact) mass is 301 g/mol. The summed E-state index contributed by atoms with van der Waals surface area (Å²) in [6, 6.07) is 16.7. The minimum Gasteiger partial charge on any atom is -0.490 e. The summed E-state index contributed by atoms with van der Waals surface area (Å²) in [5, 5.41) is 4.31. The van der Waals surface area contributed by atoms with Crippen LogP contribution in [0.1, 0.15) is 30.5 Å². The summed E-state index contributed by atoms with van der Waals surface area (Å²) in [5.74, 6) is 0.956. The van der Waals surface area contributed by atoms with Crippen LogP contribution in [-0.4, -0.2) is 12.6 Å². The van der Waals surface area contributed by atoms with Gasteiger partial charge in [-0.2, -0.15) is 0 Å². The summed E-state index contributed by atoms with van der Waals surface area (Å²) in [5.41, 5.74) is 2.49. The van der Waals surface area contributed by atoms with E-state index in [0.29, 0.717) is 6.04 Å². The van der Waals surface area contributed by atoms with Crippen LogP contribution in [0, 0.1) is 0 Å². The molecule has 0 radical (unpaired) electrons. The maximum atomic E-state index is 6.17. The molecule has 2 unspecified atom stereocenters. The van der Waals surface area contributed by atoms with Gasteiger partial charge in [-0.25, -0.2) is 0 Å². The topological polar surface area (TPSA) is 21.3 Å². The highest BCUT2D eigenvalue weighted by Crippen LogP contribution is 2.37. The standard InChI is InChI=1S/C18H20ClNO/c1-2-20-17-12-15(10-13-6-4-3-5-7-13)21-18-9-8-14(19)11-16(17)18/h3-9,11,15,17,20H,2,10,12H2,1H3. The molecule has 1 aliphatic heterocycles. The Hall–Kier alpha value is -1.51. The number of fused-ring (bicyclic) bond motifs is 1. The van der Waals surface area contributed by atoms with Crippen LogP contribution in [0.5, 0.6) is 5.75 Å². The van der Waals surface area contributed by atoms with Crippen LogP contribution >= 0.6 is 11.6 Å². The third kappa shape index (κ3) is 3.39. The van der Waals surface area contributed by atoms with Gasteiger partial charge in [0.15, 0.2) is 0 Å². The SMILES string of the molecule is CCNC1CC(Cc2ccccc2)Oc2ccc(Cl)cc21. The number of ether oxygens (including phenoxy) is 1. The fraction of sp³-hybridized carbons (Fsp3) is 0.333. The van der Waals surface area contributed by atoms with Crippen LogP contribution in [0.4, 0.5) is 0 Å². The molecule has 3 rings (SSSR count). The molecule has 0 aromatic heterocycles. The highest BCUT2D eigenvalue weighted by molar-refractivity contribution is 6.30. The fourth-order valence-corrected chi connectivity index (χ4v) is 3.14. The lowest BCUT2D eigenvalue weighted by atomic mass is 9.93. The van der Waals surface area contributed by atoms with E-state index < -0.39 is 0 Å². The van der Waals surface area contributed by atoms with E-state index in [4.69, 9.17) is 16.3 Å². The third-order valence-corrected chi connectivity index (χ3v) is 4.13. The molecule has 0 fully saturated rings. The Bertz CT molecular complexity index is 599. The Morgan fingerprint density at radius 1 is 1.19 bits per heavy atom. The quantitative estimate of drug-likeness (QED) is 0.904. The van der Waals surface area contributed by atoms with Crippen molar-refractivity contribution in [3.63, 3.8) is 0 Å². The molecule has 21 heavy (non-hydrogen) atoms. The molecule has 2 atom stereocenters. The Morgan fingerprint density at radius 2 is 2.00 bits per heavy atom. The zero-order valence-corrected chi connectivity index (χ0v) is 12.9. The van der Waals surface area contributed by atoms with Gasteiger partial charge < -0.3 is 10.1 Å². The zero-order chi connectivity index (χ0) is 14.7.